The van der Waals surface area contributed by atoms with Gasteiger partial charge in [-0.3, -0.25) is 19.7 Å². The predicted octanol–water partition coefficient (Wildman–Crippen LogP) is 2.11. The number of amides is 2. The summed E-state index contributed by atoms with van der Waals surface area (Å²) in [5.41, 5.74) is 5.82. The Hall–Kier alpha value is -3.07. The van der Waals surface area contributed by atoms with Crippen LogP contribution in [0.3, 0.4) is 0 Å². The lowest BCUT2D eigenvalue weighted by atomic mass is 10.2. The molecule has 2 rings (SSSR count). The number of nitro benzene ring substituents is 1. The molecule has 0 aromatic heterocycles. The van der Waals surface area contributed by atoms with E-state index in [1.807, 2.05) is 12.1 Å². The van der Waals surface area contributed by atoms with Crippen LogP contribution < -0.4 is 15.8 Å². The summed E-state index contributed by atoms with van der Waals surface area (Å²) >= 11 is 1.02. The van der Waals surface area contributed by atoms with Crippen molar-refractivity contribution >= 4 is 29.3 Å². The molecule has 0 bridgehead atoms. The Labute approximate surface area is 153 Å². The van der Waals surface area contributed by atoms with E-state index < -0.39 is 10.8 Å². The fraction of sp³-hybridized carbons (Fsp3) is 0.176. The molecule has 0 unspecified atom stereocenters. The molecular formula is C17H17N3O5S. The highest BCUT2D eigenvalue weighted by Gasteiger charge is 2.17. The summed E-state index contributed by atoms with van der Waals surface area (Å²) in [4.78, 5) is 33.9. The Morgan fingerprint density at radius 1 is 1.23 bits per heavy atom. The topological polar surface area (TPSA) is 125 Å². The van der Waals surface area contributed by atoms with Crippen molar-refractivity contribution in [3.05, 3.63) is 63.7 Å². The second-order valence-corrected chi connectivity index (χ2v) is 6.23. The second-order valence-electron chi connectivity index (χ2n) is 5.22. The van der Waals surface area contributed by atoms with E-state index in [2.05, 4.69) is 5.32 Å². The maximum Gasteiger partial charge on any atom is 0.283 e. The lowest BCUT2D eigenvalue weighted by molar-refractivity contribution is -0.387. The summed E-state index contributed by atoms with van der Waals surface area (Å²) in [5, 5.41) is 13.9. The maximum atomic E-state index is 12.0. The minimum absolute atomic E-state index is 0.00686. The standard InChI is InChI=1S/C17H17N3O5S/c1-25-13-5-2-11(3-6-13)9-19-16(21)10-26-15-7-4-12(17(18)22)8-14(15)20(23)24/h2-8H,9-10H2,1H3,(H2,18,22)(H,19,21). The van der Waals surface area contributed by atoms with Gasteiger partial charge in [0, 0.05) is 18.2 Å². The number of carbonyl (C=O) groups excluding carboxylic acids is 2. The Morgan fingerprint density at radius 2 is 1.92 bits per heavy atom. The number of methoxy groups -OCH3 is 1. The van der Waals surface area contributed by atoms with E-state index in [9.17, 15) is 19.7 Å². The molecule has 9 heteroatoms. The van der Waals surface area contributed by atoms with Gasteiger partial charge in [-0.15, -0.1) is 11.8 Å². The lowest BCUT2D eigenvalue weighted by Crippen LogP contribution is -2.24. The zero-order valence-corrected chi connectivity index (χ0v) is 14.7. The first-order valence-electron chi connectivity index (χ1n) is 7.51. The number of nitrogens with two attached hydrogens (primary N) is 1. The first kappa shape index (κ1) is 19.3. The van der Waals surface area contributed by atoms with Crippen molar-refractivity contribution in [2.24, 2.45) is 5.73 Å². The average Bonchev–Trinajstić information content (AvgIpc) is 2.64. The van der Waals surface area contributed by atoms with Crippen LogP contribution in [0, 0.1) is 10.1 Å². The van der Waals surface area contributed by atoms with Gasteiger partial charge in [-0.25, -0.2) is 0 Å². The lowest BCUT2D eigenvalue weighted by Gasteiger charge is -2.07. The molecule has 3 N–H and O–H groups in total. The zero-order valence-electron chi connectivity index (χ0n) is 13.9. The van der Waals surface area contributed by atoms with Crippen LogP contribution in [0.2, 0.25) is 0 Å². The summed E-state index contributed by atoms with van der Waals surface area (Å²) < 4.78 is 5.06. The van der Waals surface area contributed by atoms with Crippen molar-refractivity contribution < 1.29 is 19.2 Å². The van der Waals surface area contributed by atoms with Crippen molar-refractivity contribution in [1.29, 1.82) is 0 Å². The molecule has 0 atom stereocenters. The van der Waals surface area contributed by atoms with Gasteiger partial charge in [-0.2, -0.15) is 0 Å². The highest BCUT2D eigenvalue weighted by Crippen LogP contribution is 2.29. The summed E-state index contributed by atoms with van der Waals surface area (Å²) in [7, 11) is 1.57. The Bertz CT molecular complexity index is 824. The molecule has 8 nitrogen and oxygen atoms in total. The third kappa shape index (κ3) is 5.21. The van der Waals surface area contributed by atoms with Crippen molar-refractivity contribution in [1.82, 2.24) is 5.32 Å². The predicted molar refractivity (Wildman–Crippen MR) is 97.2 cm³/mol. The van der Waals surface area contributed by atoms with Crippen LogP contribution in [0.5, 0.6) is 5.75 Å². The number of benzene rings is 2. The van der Waals surface area contributed by atoms with Crippen LogP contribution in [-0.4, -0.2) is 29.6 Å². The van der Waals surface area contributed by atoms with Gasteiger partial charge in [0.1, 0.15) is 5.75 Å². The minimum Gasteiger partial charge on any atom is -0.497 e. The number of nitro groups is 1. The van der Waals surface area contributed by atoms with Crippen molar-refractivity contribution in [3.8, 4) is 5.75 Å². The first-order chi connectivity index (χ1) is 12.4. The Kier molecular flexibility index (Phi) is 6.56. The van der Waals surface area contributed by atoms with E-state index in [1.54, 1.807) is 19.2 Å². The Morgan fingerprint density at radius 3 is 2.50 bits per heavy atom. The maximum absolute atomic E-state index is 12.0. The third-order valence-corrected chi connectivity index (χ3v) is 4.51. The number of hydrogen-bond donors (Lipinski definition) is 2. The monoisotopic (exact) mass is 375 g/mol. The fourth-order valence-electron chi connectivity index (χ4n) is 2.07. The normalized spacial score (nSPS) is 10.2. The van der Waals surface area contributed by atoms with Crippen molar-refractivity contribution in [3.63, 3.8) is 0 Å². The molecule has 0 spiro atoms. The molecule has 0 aliphatic carbocycles. The first-order valence-corrected chi connectivity index (χ1v) is 8.50. The number of nitrogens with one attached hydrogen (secondary N) is 1. The second kappa shape index (κ2) is 8.86. The number of carbonyl (C=O) groups is 2. The SMILES string of the molecule is COc1ccc(CNC(=O)CSc2ccc(C(N)=O)cc2[N+](=O)[O-])cc1. The highest BCUT2D eigenvalue weighted by atomic mass is 32.2. The van der Waals surface area contributed by atoms with Crippen molar-refractivity contribution in [2.45, 2.75) is 11.4 Å². The van der Waals surface area contributed by atoms with Crippen LogP contribution in [0.15, 0.2) is 47.4 Å². The van der Waals surface area contributed by atoms with Crippen LogP contribution >= 0.6 is 11.8 Å². The van der Waals surface area contributed by atoms with Crippen LogP contribution in [0.25, 0.3) is 0 Å². The van der Waals surface area contributed by atoms with Gasteiger partial charge in [0.25, 0.3) is 5.69 Å². The van der Waals surface area contributed by atoms with E-state index in [1.165, 1.54) is 12.1 Å². The van der Waals surface area contributed by atoms with Gasteiger partial charge in [0.05, 0.1) is 22.7 Å². The molecule has 0 radical (unpaired) electrons. The molecule has 2 aromatic carbocycles. The third-order valence-electron chi connectivity index (χ3n) is 3.45. The molecule has 26 heavy (non-hydrogen) atoms. The summed E-state index contributed by atoms with van der Waals surface area (Å²) in [6.07, 6.45) is 0. The summed E-state index contributed by atoms with van der Waals surface area (Å²) in [6.45, 7) is 0.339. The number of thioether (sulfide) groups is 1. The molecule has 136 valence electrons. The Balaban J connectivity index is 1.93. The molecule has 2 amide bonds. The van der Waals surface area contributed by atoms with Crippen LogP contribution in [-0.2, 0) is 11.3 Å². The molecule has 0 fully saturated rings. The number of rotatable bonds is 8. The highest BCUT2D eigenvalue weighted by molar-refractivity contribution is 8.00. The number of primary amides is 1. The van der Waals surface area contributed by atoms with E-state index in [0.29, 0.717) is 11.4 Å². The fourth-order valence-corrected chi connectivity index (χ4v) is 2.91. The van der Waals surface area contributed by atoms with Gasteiger partial charge < -0.3 is 15.8 Å². The molecular weight excluding hydrogens is 358 g/mol. The van der Waals surface area contributed by atoms with E-state index in [-0.39, 0.29) is 22.9 Å². The van der Waals surface area contributed by atoms with Gasteiger partial charge in [-0.05, 0) is 29.8 Å². The van der Waals surface area contributed by atoms with Gasteiger partial charge in [0.15, 0.2) is 0 Å². The molecule has 2 aromatic rings. The smallest absolute Gasteiger partial charge is 0.283 e. The quantitative estimate of drug-likeness (QED) is 0.414. The van der Waals surface area contributed by atoms with Crippen LogP contribution in [0.1, 0.15) is 15.9 Å². The van der Waals surface area contributed by atoms with Crippen molar-refractivity contribution in [2.75, 3.05) is 12.9 Å². The minimum atomic E-state index is -0.748. The number of nitrogens with zero attached hydrogens (tertiary/aromatic N) is 1. The van der Waals surface area contributed by atoms with Gasteiger partial charge in [-0.1, -0.05) is 12.1 Å². The van der Waals surface area contributed by atoms with Crippen LogP contribution in [0.4, 0.5) is 5.69 Å². The average molecular weight is 375 g/mol. The summed E-state index contributed by atoms with van der Waals surface area (Å²) in [5.74, 6) is -0.282. The molecule has 0 aliphatic heterocycles. The van der Waals surface area contributed by atoms with E-state index >= 15 is 0 Å². The number of ether oxygens (including phenoxy) is 1. The number of hydrogen-bond acceptors (Lipinski definition) is 6. The van der Waals surface area contributed by atoms with E-state index in [0.717, 1.165) is 29.1 Å². The van der Waals surface area contributed by atoms with Gasteiger partial charge in [0.2, 0.25) is 11.8 Å². The molecule has 0 saturated heterocycles. The molecule has 0 heterocycles. The summed E-state index contributed by atoms with van der Waals surface area (Å²) in [6, 6.07) is 11.2. The zero-order chi connectivity index (χ0) is 19.1. The molecule has 0 aliphatic rings. The van der Waals surface area contributed by atoms with E-state index in [4.69, 9.17) is 10.5 Å². The largest absolute Gasteiger partial charge is 0.497 e. The van der Waals surface area contributed by atoms with Gasteiger partial charge >= 0.3 is 0 Å². The molecule has 0 saturated carbocycles.